The number of carbonyl (C=O) groups is 1. The first-order valence-corrected chi connectivity index (χ1v) is 5.43. The first-order chi connectivity index (χ1) is 6.74. The number of amides is 1. The number of nitrogens with one attached hydrogen (secondary N) is 2. The van der Waals surface area contributed by atoms with Crippen LogP contribution in [-0.2, 0) is 4.79 Å². The van der Waals surface area contributed by atoms with E-state index in [2.05, 4.69) is 22.5 Å². The normalized spacial score (nSPS) is 21.5. The van der Waals surface area contributed by atoms with Crippen molar-refractivity contribution in [3.8, 4) is 0 Å². The highest BCUT2D eigenvalue weighted by Crippen LogP contribution is 2.06. The van der Waals surface area contributed by atoms with E-state index in [0.29, 0.717) is 6.04 Å². The van der Waals surface area contributed by atoms with Gasteiger partial charge in [0.25, 0.3) is 0 Å². The van der Waals surface area contributed by atoms with Crippen molar-refractivity contribution in [2.24, 2.45) is 0 Å². The van der Waals surface area contributed by atoms with Crippen LogP contribution < -0.4 is 10.6 Å². The van der Waals surface area contributed by atoms with Gasteiger partial charge in [-0.15, -0.1) is 0 Å². The molecule has 0 spiro atoms. The van der Waals surface area contributed by atoms with Crippen molar-refractivity contribution in [1.82, 2.24) is 15.5 Å². The summed E-state index contributed by atoms with van der Waals surface area (Å²) in [5.74, 6) is 0.0607. The second kappa shape index (κ2) is 5.98. The molecule has 1 fully saturated rings. The van der Waals surface area contributed by atoms with Gasteiger partial charge >= 0.3 is 0 Å². The summed E-state index contributed by atoms with van der Waals surface area (Å²) in [6, 6.07) is 0.661. The molecule has 0 aromatic heterocycles. The molecule has 0 saturated carbocycles. The van der Waals surface area contributed by atoms with Crippen molar-refractivity contribution >= 4 is 5.91 Å². The van der Waals surface area contributed by atoms with Gasteiger partial charge < -0.3 is 10.6 Å². The molecule has 0 aliphatic carbocycles. The number of carbonyl (C=O) groups excluding carboxylic acids is 1. The van der Waals surface area contributed by atoms with Gasteiger partial charge in [0.2, 0.25) is 5.91 Å². The Kier molecular flexibility index (Phi) is 4.90. The second-order valence-corrected chi connectivity index (χ2v) is 3.76. The SMILES string of the molecule is CCN(CCNC(C)=O)C1CCNC1. The highest BCUT2D eigenvalue weighted by molar-refractivity contribution is 5.72. The van der Waals surface area contributed by atoms with Gasteiger partial charge in [0.05, 0.1) is 0 Å². The van der Waals surface area contributed by atoms with Crippen molar-refractivity contribution in [3.05, 3.63) is 0 Å². The minimum atomic E-state index is 0.0607. The first kappa shape index (κ1) is 11.5. The Morgan fingerprint density at radius 1 is 1.64 bits per heavy atom. The van der Waals surface area contributed by atoms with Gasteiger partial charge in [-0.1, -0.05) is 6.92 Å². The molecule has 0 bridgehead atoms. The van der Waals surface area contributed by atoms with Crippen molar-refractivity contribution < 1.29 is 4.79 Å². The van der Waals surface area contributed by atoms with Gasteiger partial charge in [-0.3, -0.25) is 9.69 Å². The van der Waals surface area contributed by atoms with E-state index in [1.165, 1.54) is 6.42 Å². The summed E-state index contributed by atoms with van der Waals surface area (Å²) in [4.78, 5) is 13.1. The maximum Gasteiger partial charge on any atom is 0.216 e. The molecule has 1 aliphatic heterocycles. The summed E-state index contributed by atoms with van der Waals surface area (Å²) in [5.41, 5.74) is 0. The van der Waals surface area contributed by atoms with E-state index in [9.17, 15) is 4.79 Å². The van der Waals surface area contributed by atoms with Crippen molar-refractivity contribution in [3.63, 3.8) is 0 Å². The number of rotatable bonds is 5. The molecule has 1 unspecified atom stereocenters. The Morgan fingerprint density at radius 2 is 2.43 bits per heavy atom. The molecule has 14 heavy (non-hydrogen) atoms. The lowest BCUT2D eigenvalue weighted by Crippen LogP contribution is -2.41. The molecule has 1 saturated heterocycles. The number of hydrogen-bond donors (Lipinski definition) is 2. The smallest absolute Gasteiger partial charge is 0.216 e. The van der Waals surface area contributed by atoms with Crippen LogP contribution in [0.4, 0.5) is 0 Å². The molecule has 0 radical (unpaired) electrons. The molecule has 1 aliphatic rings. The monoisotopic (exact) mass is 199 g/mol. The van der Waals surface area contributed by atoms with Gasteiger partial charge in [0, 0.05) is 32.6 Å². The highest BCUT2D eigenvalue weighted by atomic mass is 16.1. The fourth-order valence-electron chi connectivity index (χ4n) is 1.93. The average Bonchev–Trinajstić information content (AvgIpc) is 2.64. The van der Waals surface area contributed by atoms with Crippen molar-refractivity contribution in [2.75, 3.05) is 32.7 Å². The van der Waals surface area contributed by atoms with E-state index in [1.54, 1.807) is 6.92 Å². The van der Waals surface area contributed by atoms with Crippen LogP contribution in [0.5, 0.6) is 0 Å². The minimum absolute atomic E-state index is 0.0607. The summed E-state index contributed by atoms with van der Waals surface area (Å²) in [6.07, 6.45) is 1.23. The second-order valence-electron chi connectivity index (χ2n) is 3.76. The quantitative estimate of drug-likeness (QED) is 0.645. The Bertz CT molecular complexity index is 178. The van der Waals surface area contributed by atoms with Crippen molar-refractivity contribution in [2.45, 2.75) is 26.3 Å². The van der Waals surface area contributed by atoms with E-state index in [4.69, 9.17) is 0 Å². The Labute approximate surface area is 86.0 Å². The fraction of sp³-hybridized carbons (Fsp3) is 0.900. The van der Waals surface area contributed by atoms with Gasteiger partial charge in [-0.05, 0) is 19.5 Å². The lowest BCUT2D eigenvalue weighted by atomic mass is 10.2. The predicted octanol–water partition coefficient (Wildman–Crippen LogP) is -0.194. The van der Waals surface area contributed by atoms with E-state index >= 15 is 0 Å². The lowest BCUT2D eigenvalue weighted by Gasteiger charge is -2.26. The van der Waals surface area contributed by atoms with Crippen LogP contribution >= 0.6 is 0 Å². The maximum absolute atomic E-state index is 10.7. The highest BCUT2D eigenvalue weighted by Gasteiger charge is 2.20. The van der Waals surface area contributed by atoms with Crippen LogP contribution in [0.25, 0.3) is 0 Å². The number of nitrogens with zero attached hydrogens (tertiary/aromatic N) is 1. The summed E-state index contributed by atoms with van der Waals surface area (Å²) in [7, 11) is 0. The lowest BCUT2D eigenvalue weighted by molar-refractivity contribution is -0.119. The van der Waals surface area contributed by atoms with Gasteiger partial charge in [0.15, 0.2) is 0 Å². The Morgan fingerprint density at radius 3 is 2.93 bits per heavy atom. The van der Waals surface area contributed by atoms with Crippen LogP contribution in [0, 0.1) is 0 Å². The van der Waals surface area contributed by atoms with E-state index in [-0.39, 0.29) is 5.91 Å². The van der Waals surface area contributed by atoms with Gasteiger partial charge in [0.1, 0.15) is 0 Å². The van der Waals surface area contributed by atoms with Crippen LogP contribution in [0.3, 0.4) is 0 Å². The van der Waals surface area contributed by atoms with E-state index in [1.807, 2.05) is 0 Å². The zero-order valence-electron chi connectivity index (χ0n) is 9.18. The molecular weight excluding hydrogens is 178 g/mol. The Balaban J connectivity index is 2.20. The summed E-state index contributed by atoms with van der Waals surface area (Å²) in [5, 5.41) is 6.19. The summed E-state index contributed by atoms with van der Waals surface area (Å²) < 4.78 is 0. The maximum atomic E-state index is 10.7. The molecule has 2 N–H and O–H groups in total. The average molecular weight is 199 g/mol. The Hall–Kier alpha value is -0.610. The third kappa shape index (κ3) is 3.64. The first-order valence-electron chi connectivity index (χ1n) is 5.43. The molecule has 4 heteroatoms. The zero-order chi connectivity index (χ0) is 10.4. The topological polar surface area (TPSA) is 44.4 Å². The van der Waals surface area contributed by atoms with Crippen LogP contribution in [0.15, 0.2) is 0 Å². The largest absolute Gasteiger partial charge is 0.355 e. The molecule has 1 heterocycles. The molecule has 82 valence electrons. The fourth-order valence-corrected chi connectivity index (χ4v) is 1.93. The van der Waals surface area contributed by atoms with Gasteiger partial charge in [-0.2, -0.15) is 0 Å². The van der Waals surface area contributed by atoms with E-state index in [0.717, 1.165) is 32.7 Å². The summed E-state index contributed by atoms with van der Waals surface area (Å²) in [6.45, 7) is 8.74. The molecule has 1 amide bonds. The van der Waals surface area contributed by atoms with Crippen molar-refractivity contribution in [1.29, 1.82) is 0 Å². The number of likely N-dealkylation sites (N-methyl/N-ethyl adjacent to an activating group) is 1. The molecule has 0 aromatic rings. The van der Waals surface area contributed by atoms with Crippen LogP contribution in [-0.4, -0.2) is 49.6 Å². The third-order valence-corrected chi connectivity index (χ3v) is 2.73. The van der Waals surface area contributed by atoms with Gasteiger partial charge in [-0.25, -0.2) is 0 Å². The molecular formula is C10H21N3O. The summed E-state index contributed by atoms with van der Waals surface area (Å²) >= 11 is 0. The van der Waals surface area contributed by atoms with E-state index < -0.39 is 0 Å². The van der Waals surface area contributed by atoms with Crippen LogP contribution in [0.1, 0.15) is 20.3 Å². The predicted molar refractivity (Wildman–Crippen MR) is 57.2 cm³/mol. The third-order valence-electron chi connectivity index (χ3n) is 2.73. The standard InChI is InChI=1S/C10H21N3O/c1-3-13(7-6-12-9(2)14)10-4-5-11-8-10/h10-11H,3-8H2,1-2H3,(H,12,14). The molecule has 1 rings (SSSR count). The number of hydrogen-bond acceptors (Lipinski definition) is 3. The molecule has 4 nitrogen and oxygen atoms in total. The minimum Gasteiger partial charge on any atom is -0.355 e. The van der Waals surface area contributed by atoms with Crippen LogP contribution in [0.2, 0.25) is 0 Å². The molecule has 1 atom stereocenters. The zero-order valence-corrected chi connectivity index (χ0v) is 9.18. The molecule has 0 aromatic carbocycles.